The van der Waals surface area contributed by atoms with Crippen LogP contribution < -0.4 is 5.73 Å². The molecule has 0 aromatic carbocycles. The summed E-state index contributed by atoms with van der Waals surface area (Å²) in [5.41, 5.74) is 7.99. The largest absolute Gasteiger partial charge is 0.329 e. The van der Waals surface area contributed by atoms with Crippen LogP contribution in [0.25, 0.3) is 0 Å². The Kier molecular flexibility index (Phi) is 4.82. The first-order valence-corrected chi connectivity index (χ1v) is 7.79. The number of hydrogen-bond donors (Lipinski definition) is 1. The van der Waals surface area contributed by atoms with Gasteiger partial charge in [-0.3, -0.25) is 9.88 Å². The summed E-state index contributed by atoms with van der Waals surface area (Å²) < 4.78 is 0. The van der Waals surface area contributed by atoms with Crippen molar-refractivity contribution in [1.82, 2.24) is 9.88 Å². The second-order valence-electron chi connectivity index (χ2n) is 7.09. The summed E-state index contributed by atoms with van der Waals surface area (Å²) in [6, 6.07) is 6.13. The van der Waals surface area contributed by atoms with Crippen LogP contribution >= 0.6 is 0 Å². The van der Waals surface area contributed by atoms with Gasteiger partial charge in [-0.05, 0) is 50.3 Å². The van der Waals surface area contributed by atoms with Gasteiger partial charge in [-0.1, -0.05) is 19.9 Å². The van der Waals surface area contributed by atoms with Crippen molar-refractivity contribution in [3.05, 3.63) is 30.1 Å². The van der Waals surface area contributed by atoms with Crippen LogP contribution in [0.2, 0.25) is 0 Å². The van der Waals surface area contributed by atoms with Crippen LogP contribution in [0, 0.1) is 5.41 Å². The molecular weight excluding hydrogens is 246 g/mol. The Balaban J connectivity index is 1.94. The molecule has 0 amide bonds. The van der Waals surface area contributed by atoms with Crippen molar-refractivity contribution in [1.29, 1.82) is 0 Å². The van der Waals surface area contributed by atoms with Crippen molar-refractivity contribution in [2.45, 2.75) is 51.5 Å². The Hall–Kier alpha value is -0.930. The second kappa shape index (κ2) is 6.23. The predicted molar refractivity (Wildman–Crippen MR) is 84.6 cm³/mol. The fourth-order valence-corrected chi connectivity index (χ4v) is 3.20. The number of likely N-dealkylation sites (N-methyl/N-ethyl adjacent to an activating group) is 1. The topological polar surface area (TPSA) is 42.2 Å². The zero-order valence-corrected chi connectivity index (χ0v) is 13.2. The summed E-state index contributed by atoms with van der Waals surface area (Å²) in [5, 5.41) is 0. The van der Waals surface area contributed by atoms with E-state index in [1.807, 2.05) is 12.3 Å². The lowest BCUT2D eigenvalue weighted by molar-refractivity contribution is 0.0423. The molecule has 1 aromatic rings. The highest BCUT2D eigenvalue weighted by Gasteiger charge is 2.39. The maximum Gasteiger partial charge on any atom is 0.0416 e. The van der Waals surface area contributed by atoms with Gasteiger partial charge in [0.15, 0.2) is 0 Å². The lowest BCUT2D eigenvalue weighted by Gasteiger charge is -2.48. The molecule has 0 bridgehead atoms. The first-order chi connectivity index (χ1) is 9.47. The Morgan fingerprint density at radius 3 is 2.45 bits per heavy atom. The molecule has 0 spiro atoms. The van der Waals surface area contributed by atoms with Crippen molar-refractivity contribution in [2.75, 3.05) is 20.1 Å². The number of nitrogens with two attached hydrogens (primary N) is 1. The zero-order chi connectivity index (χ0) is 14.6. The first-order valence-electron chi connectivity index (χ1n) is 7.79. The minimum absolute atomic E-state index is 0.199. The van der Waals surface area contributed by atoms with Gasteiger partial charge in [0.05, 0.1) is 0 Å². The first kappa shape index (κ1) is 15.5. The monoisotopic (exact) mass is 275 g/mol. The Morgan fingerprint density at radius 1 is 1.20 bits per heavy atom. The van der Waals surface area contributed by atoms with Crippen LogP contribution in [0.4, 0.5) is 0 Å². The summed E-state index contributed by atoms with van der Waals surface area (Å²) in [6.07, 6.45) is 7.86. The van der Waals surface area contributed by atoms with Gasteiger partial charge in [0.2, 0.25) is 0 Å². The van der Waals surface area contributed by atoms with E-state index in [1.165, 1.54) is 31.4 Å². The molecule has 1 saturated carbocycles. The lowest BCUT2D eigenvalue weighted by Crippen LogP contribution is -2.55. The van der Waals surface area contributed by atoms with Gasteiger partial charge in [-0.2, -0.15) is 0 Å². The van der Waals surface area contributed by atoms with Crippen molar-refractivity contribution < 1.29 is 0 Å². The third-order valence-corrected chi connectivity index (χ3v) is 5.15. The fraction of sp³-hybridized carbons (Fsp3) is 0.706. The molecule has 0 saturated heterocycles. The van der Waals surface area contributed by atoms with E-state index in [9.17, 15) is 0 Å². The normalized spacial score (nSPS) is 21.1. The summed E-state index contributed by atoms with van der Waals surface area (Å²) >= 11 is 0. The summed E-state index contributed by atoms with van der Waals surface area (Å²) in [6.45, 7) is 6.55. The number of aromatic nitrogens is 1. The molecule has 1 aliphatic carbocycles. The smallest absolute Gasteiger partial charge is 0.0416 e. The van der Waals surface area contributed by atoms with Gasteiger partial charge in [-0.25, -0.2) is 0 Å². The molecule has 1 aromatic heterocycles. The molecule has 1 heterocycles. The Labute approximate surface area is 123 Å². The molecule has 1 fully saturated rings. The van der Waals surface area contributed by atoms with E-state index in [0.29, 0.717) is 5.41 Å². The zero-order valence-electron chi connectivity index (χ0n) is 13.2. The van der Waals surface area contributed by atoms with E-state index in [4.69, 9.17) is 5.73 Å². The highest BCUT2D eigenvalue weighted by Crippen LogP contribution is 2.42. The molecule has 0 atom stereocenters. The highest BCUT2D eigenvalue weighted by molar-refractivity contribution is 5.05. The molecule has 0 unspecified atom stereocenters. The second-order valence-corrected chi connectivity index (χ2v) is 7.09. The standard InChI is InChI=1S/C17H29N3/c1-16(2)8-10-17(14-18,11-9-16)20(3)13-7-15-6-4-5-12-19-15/h4-6,12H,7-11,13-14,18H2,1-3H3. The van der Waals surface area contributed by atoms with E-state index < -0.39 is 0 Å². The van der Waals surface area contributed by atoms with Crippen LogP contribution in [0.3, 0.4) is 0 Å². The highest BCUT2D eigenvalue weighted by atomic mass is 15.2. The summed E-state index contributed by atoms with van der Waals surface area (Å²) in [4.78, 5) is 6.89. The number of hydrogen-bond acceptors (Lipinski definition) is 3. The van der Waals surface area contributed by atoms with E-state index in [2.05, 4.69) is 42.9 Å². The van der Waals surface area contributed by atoms with Gasteiger partial charge >= 0.3 is 0 Å². The van der Waals surface area contributed by atoms with Crippen LogP contribution in [-0.4, -0.2) is 35.6 Å². The predicted octanol–water partition coefficient (Wildman–Crippen LogP) is 2.85. The third kappa shape index (κ3) is 3.58. The molecular formula is C17H29N3. The number of nitrogens with zero attached hydrogens (tertiary/aromatic N) is 2. The molecule has 2 N–H and O–H groups in total. The quantitative estimate of drug-likeness (QED) is 0.898. The Morgan fingerprint density at radius 2 is 1.90 bits per heavy atom. The van der Waals surface area contributed by atoms with Crippen molar-refractivity contribution >= 4 is 0 Å². The van der Waals surface area contributed by atoms with Gasteiger partial charge < -0.3 is 5.73 Å². The van der Waals surface area contributed by atoms with E-state index in [1.54, 1.807) is 0 Å². The summed E-state index contributed by atoms with van der Waals surface area (Å²) in [7, 11) is 2.23. The van der Waals surface area contributed by atoms with Gasteiger partial charge in [-0.15, -0.1) is 0 Å². The molecule has 1 aliphatic rings. The molecule has 112 valence electrons. The molecule has 3 nitrogen and oxygen atoms in total. The summed E-state index contributed by atoms with van der Waals surface area (Å²) in [5.74, 6) is 0. The SMILES string of the molecule is CN(CCc1ccccn1)C1(CN)CCC(C)(C)CC1. The number of pyridine rings is 1. The van der Waals surface area contributed by atoms with Crippen molar-refractivity contribution in [3.63, 3.8) is 0 Å². The minimum Gasteiger partial charge on any atom is -0.329 e. The molecule has 0 aliphatic heterocycles. The molecule has 3 heteroatoms. The van der Waals surface area contributed by atoms with E-state index >= 15 is 0 Å². The van der Waals surface area contributed by atoms with Gasteiger partial charge in [0, 0.05) is 36.9 Å². The molecule has 0 radical (unpaired) electrons. The van der Waals surface area contributed by atoms with Crippen LogP contribution in [0.5, 0.6) is 0 Å². The average Bonchev–Trinajstić information content (AvgIpc) is 2.46. The third-order valence-electron chi connectivity index (χ3n) is 5.15. The van der Waals surface area contributed by atoms with E-state index in [-0.39, 0.29) is 5.54 Å². The molecule has 20 heavy (non-hydrogen) atoms. The fourth-order valence-electron chi connectivity index (χ4n) is 3.20. The molecule has 2 rings (SSSR count). The number of rotatable bonds is 5. The minimum atomic E-state index is 0.199. The average molecular weight is 275 g/mol. The van der Waals surface area contributed by atoms with E-state index in [0.717, 1.165) is 19.5 Å². The van der Waals surface area contributed by atoms with Gasteiger partial charge in [0.1, 0.15) is 0 Å². The van der Waals surface area contributed by atoms with Crippen LogP contribution in [0.1, 0.15) is 45.2 Å². The van der Waals surface area contributed by atoms with Crippen LogP contribution in [0.15, 0.2) is 24.4 Å². The van der Waals surface area contributed by atoms with Crippen molar-refractivity contribution in [3.8, 4) is 0 Å². The Bertz CT molecular complexity index is 404. The van der Waals surface area contributed by atoms with Gasteiger partial charge in [0.25, 0.3) is 0 Å². The maximum atomic E-state index is 6.14. The lowest BCUT2D eigenvalue weighted by atomic mass is 9.69. The van der Waals surface area contributed by atoms with Crippen LogP contribution in [-0.2, 0) is 6.42 Å². The van der Waals surface area contributed by atoms with Crippen molar-refractivity contribution in [2.24, 2.45) is 11.1 Å². The maximum absolute atomic E-state index is 6.14.